The second kappa shape index (κ2) is 7.92. The molecule has 0 aliphatic heterocycles. The largest absolute Gasteiger partial charge is 0.287 e. The zero-order chi connectivity index (χ0) is 14.2. The van der Waals surface area contributed by atoms with E-state index in [2.05, 4.69) is 0 Å². The van der Waals surface area contributed by atoms with Gasteiger partial charge >= 0.3 is 0 Å². The van der Waals surface area contributed by atoms with Crippen LogP contribution in [0.3, 0.4) is 0 Å². The van der Waals surface area contributed by atoms with Crippen molar-refractivity contribution >= 4 is 33.8 Å². The molecule has 0 amide bonds. The van der Waals surface area contributed by atoms with Gasteiger partial charge in [-0.1, -0.05) is 59.9 Å². The lowest BCUT2D eigenvalue weighted by atomic mass is 10.3. The maximum atomic E-state index is 11.8. The lowest BCUT2D eigenvalue weighted by Crippen LogP contribution is -1.97. The molecule has 0 fully saturated rings. The van der Waals surface area contributed by atoms with Crippen molar-refractivity contribution < 1.29 is 9.59 Å². The van der Waals surface area contributed by atoms with Gasteiger partial charge in [0.2, 0.25) is 0 Å². The summed E-state index contributed by atoms with van der Waals surface area (Å²) in [5.74, 6) is 0. The highest BCUT2D eigenvalue weighted by Gasteiger charge is 2.10. The Morgan fingerprint density at radius 3 is 1.35 bits per heavy atom. The zero-order valence-electron chi connectivity index (χ0n) is 10.8. The summed E-state index contributed by atoms with van der Waals surface area (Å²) in [6.45, 7) is 0. The van der Waals surface area contributed by atoms with E-state index >= 15 is 0 Å². The number of rotatable bonds is 5. The summed E-state index contributed by atoms with van der Waals surface area (Å²) in [5.41, 5.74) is 0. The first-order chi connectivity index (χ1) is 9.74. The summed E-state index contributed by atoms with van der Waals surface area (Å²) < 4.78 is 0. The van der Waals surface area contributed by atoms with Crippen LogP contribution in [0, 0.1) is 0 Å². The smallest absolute Gasteiger partial charge is 0.194 e. The third-order valence-corrected chi connectivity index (χ3v) is 4.36. The molecule has 0 aliphatic rings. The molecule has 0 heterocycles. The van der Waals surface area contributed by atoms with Gasteiger partial charge in [0.1, 0.15) is 0 Å². The molecular weight excluding hydrogens is 288 g/mol. The van der Waals surface area contributed by atoms with Crippen molar-refractivity contribution in [3.8, 4) is 0 Å². The van der Waals surface area contributed by atoms with Crippen LogP contribution in [0.5, 0.6) is 0 Å². The molecule has 0 unspecified atom stereocenters. The number of carbonyl (C=O) groups excluding carboxylic acids is 2. The molecule has 2 rings (SSSR count). The molecule has 0 spiro atoms. The molecule has 4 heteroatoms. The van der Waals surface area contributed by atoms with E-state index < -0.39 is 0 Å². The molecule has 2 aromatic rings. The lowest BCUT2D eigenvalue weighted by molar-refractivity contribution is -0.115. The van der Waals surface area contributed by atoms with Gasteiger partial charge in [-0.15, -0.1) is 0 Å². The minimum atomic E-state index is 0.0261. The number of hydrogen-bond donors (Lipinski definition) is 0. The first-order valence-corrected chi connectivity index (χ1v) is 7.89. The second-order valence-corrected chi connectivity index (χ2v) is 6.34. The monoisotopic (exact) mass is 302 g/mol. The Morgan fingerprint density at radius 2 is 1.00 bits per heavy atom. The van der Waals surface area contributed by atoms with Gasteiger partial charge in [0.05, 0.1) is 0 Å². The molecule has 0 radical (unpaired) electrons. The summed E-state index contributed by atoms with van der Waals surface area (Å²) in [4.78, 5) is 25.4. The fraction of sp³-hybridized carbons (Fsp3) is 0.125. The third kappa shape index (κ3) is 5.23. The Hall–Kier alpha value is -1.52. The number of benzene rings is 2. The molecule has 20 heavy (non-hydrogen) atoms. The Morgan fingerprint density at radius 1 is 0.650 bits per heavy atom. The highest BCUT2D eigenvalue weighted by molar-refractivity contribution is 8.14. The van der Waals surface area contributed by atoms with Gasteiger partial charge in [0.15, 0.2) is 10.2 Å². The molecule has 0 aromatic heterocycles. The molecular formula is C16H14O2S2. The van der Waals surface area contributed by atoms with Crippen LogP contribution >= 0.6 is 23.5 Å². The Balaban J connectivity index is 1.75. The van der Waals surface area contributed by atoms with E-state index in [1.165, 1.54) is 23.5 Å². The molecule has 0 bridgehead atoms. The maximum Gasteiger partial charge on any atom is 0.194 e. The highest BCUT2D eigenvalue weighted by atomic mass is 32.2. The van der Waals surface area contributed by atoms with Crippen LogP contribution in [0.2, 0.25) is 0 Å². The van der Waals surface area contributed by atoms with Crippen LogP contribution in [-0.2, 0) is 9.59 Å². The normalized spacial score (nSPS) is 10.2. The van der Waals surface area contributed by atoms with Gasteiger partial charge in [0.25, 0.3) is 0 Å². The quantitative estimate of drug-likeness (QED) is 0.766. The average molecular weight is 302 g/mol. The molecule has 0 saturated carbocycles. The van der Waals surface area contributed by atoms with E-state index in [9.17, 15) is 9.59 Å². The van der Waals surface area contributed by atoms with Gasteiger partial charge in [0, 0.05) is 22.6 Å². The Bertz CT molecular complexity index is 514. The van der Waals surface area contributed by atoms with Gasteiger partial charge in [-0.3, -0.25) is 9.59 Å². The van der Waals surface area contributed by atoms with Crippen molar-refractivity contribution in [1.82, 2.24) is 0 Å². The van der Waals surface area contributed by atoms with Gasteiger partial charge in [-0.05, 0) is 24.3 Å². The summed E-state index contributed by atoms with van der Waals surface area (Å²) in [6.07, 6.45) is 0.552. The SMILES string of the molecule is O=C(CCC(=O)Sc1ccccc1)Sc1ccccc1. The Labute approximate surface area is 127 Å². The van der Waals surface area contributed by atoms with E-state index in [0.717, 1.165) is 9.79 Å². The molecule has 102 valence electrons. The highest BCUT2D eigenvalue weighted by Crippen LogP contribution is 2.23. The number of thioether (sulfide) groups is 2. The molecule has 0 aliphatic carbocycles. The minimum absolute atomic E-state index is 0.0261. The predicted octanol–water partition coefficient (Wildman–Crippen LogP) is 4.40. The summed E-state index contributed by atoms with van der Waals surface area (Å²) in [5, 5.41) is 0.0522. The molecule has 0 saturated heterocycles. The summed E-state index contributed by atoms with van der Waals surface area (Å²) in [7, 11) is 0. The topological polar surface area (TPSA) is 34.1 Å². The first kappa shape index (κ1) is 14.9. The molecule has 0 atom stereocenters. The Kier molecular flexibility index (Phi) is 5.89. The van der Waals surface area contributed by atoms with E-state index in [1.807, 2.05) is 60.7 Å². The molecule has 0 N–H and O–H groups in total. The van der Waals surface area contributed by atoms with E-state index in [-0.39, 0.29) is 23.1 Å². The van der Waals surface area contributed by atoms with Crippen molar-refractivity contribution in [2.45, 2.75) is 22.6 Å². The van der Waals surface area contributed by atoms with Crippen LogP contribution in [0.4, 0.5) is 0 Å². The van der Waals surface area contributed by atoms with Crippen molar-refractivity contribution in [3.63, 3.8) is 0 Å². The van der Waals surface area contributed by atoms with Gasteiger partial charge in [-0.25, -0.2) is 0 Å². The minimum Gasteiger partial charge on any atom is -0.287 e. The zero-order valence-corrected chi connectivity index (χ0v) is 12.5. The van der Waals surface area contributed by atoms with Crippen LogP contribution in [0.25, 0.3) is 0 Å². The van der Waals surface area contributed by atoms with Gasteiger partial charge in [-0.2, -0.15) is 0 Å². The van der Waals surface area contributed by atoms with E-state index in [0.29, 0.717) is 0 Å². The number of hydrogen-bond acceptors (Lipinski definition) is 4. The standard InChI is InChI=1S/C16H14O2S2/c17-15(19-13-7-3-1-4-8-13)11-12-16(18)20-14-9-5-2-6-10-14/h1-10H,11-12H2. The van der Waals surface area contributed by atoms with Crippen LogP contribution in [-0.4, -0.2) is 10.2 Å². The van der Waals surface area contributed by atoms with E-state index in [1.54, 1.807) is 0 Å². The average Bonchev–Trinajstić information content (AvgIpc) is 2.47. The number of carbonyl (C=O) groups is 2. The van der Waals surface area contributed by atoms with Crippen molar-refractivity contribution in [2.24, 2.45) is 0 Å². The lowest BCUT2D eigenvalue weighted by Gasteiger charge is -2.01. The predicted molar refractivity (Wildman–Crippen MR) is 83.8 cm³/mol. The maximum absolute atomic E-state index is 11.8. The van der Waals surface area contributed by atoms with Crippen molar-refractivity contribution in [2.75, 3.05) is 0 Å². The molecule has 2 aromatic carbocycles. The van der Waals surface area contributed by atoms with Gasteiger partial charge < -0.3 is 0 Å². The van der Waals surface area contributed by atoms with Crippen molar-refractivity contribution in [1.29, 1.82) is 0 Å². The fourth-order valence-corrected chi connectivity index (χ4v) is 3.07. The first-order valence-electron chi connectivity index (χ1n) is 6.25. The second-order valence-electron chi connectivity index (χ2n) is 4.07. The van der Waals surface area contributed by atoms with Crippen molar-refractivity contribution in [3.05, 3.63) is 60.7 Å². The fourth-order valence-electron chi connectivity index (χ4n) is 1.55. The van der Waals surface area contributed by atoms with Crippen LogP contribution in [0.1, 0.15) is 12.8 Å². The van der Waals surface area contributed by atoms with Crippen LogP contribution < -0.4 is 0 Å². The summed E-state index contributed by atoms with van der Waals surface area (Å²) in [6, 6.07) is 19.0. The summed E-state index contributed by atoms with van der Waals surface area (Å²) >= 11 is 2.38. The van der Waals surface area contributed by atoms with E-state index in [4.69, 9.17) is 0 Å². The molecule has 2 nitrogen and oxygen atoms in total. The van der Waals surface area contributed by atoms with Crippen LogP contribution in [0.15, 0.2) is 70.5 Å². The third-order valence-electron chi connectivity index (χ3n) is 2.48.